The first-order valence-corrected chi connectivity index (χ1v) is 7.08. The van der Waals surface area contributed by atoms with Gasteiger partial charge in [0, 0.05) is 10.0 Å². The van der Waals surface area contributed by atoms with Crippen molar-refractivity contribution in [1.82, 2.24) is 0 Å². The predicted octanol–water partition coefficient (Wildman–Crippen LogP) is 4.84. The number of rotatable bonds is 3. The van der Waals surface area contributed by atoms with Crippen molar-refractivity contribution in [3.8, 4) is 11.5 Å². The van der Waals surface area contributed by atoms with Gasteiger partial charge in [0.2, 0.25) is 0 Å². The maximum absolute atomic E-state index is 6.12. The molecule has 0 unspecified atom stereocenters. The molecule has 0 spiro atoms. The molecule has 0 saturated heterocycles. The van der Waals surface area contributed by atoms with E-state index < -0.39 is 0 Å². The first kappa shape index (κ1) is 14.3. The Balaban J connectivity index is 2.29. The van der Waals surface area contributed by atoms with Crippen molar-refractivity contribution >= 4 is 44.7 Å². The van der Waals surface area contributed by atoms with Crippen LogP contribution >= 0.6 is 39.7 Å². The summed E-state index contributed by atoms with van der Waals surface area (Å²) in [4.78, 5) is 0.340. The van der Waals surface area contributed by atoms with Crippen LogP contribution in [0.5, 0.6) is 11.5 Å². The van der Waals surface area contributed by atoms with Crippen LogP contribution in [-0.4, -0.2) is 4.99 Å². The minimum atomic E-state index is 0.340. The van der Waals surface area contributed by atoms with E-state index in [9.17, 15) is 0 Å². The molecule has 5 heteroatoms. The van der Waals surface area contributed by atoms with E-state index in [1.165, 1.54) is 0 Å². The predicted molar refractivity (Wildman–Crippen MR) is 86.3 cm³/mol. The van der Waals surface area contributed by atoms with Gasteiger partial charge in [-0.05, 0) is 58.7 Å². The Labute approximate surface area is 130 Å². The molecule has 19 heavy (non-hydrogen) atoms. The van der Waals surface area contributed by atoms with Gasteiger partial charge in [0.05, 0.1) is 5.02 Å². The molecule has 0 fully saturated rings. The Morgan fingerprint density at radius 1 is 1.26 bits per heavy atom. The Morgan fingerprint density at radius 2 is 2.00 bits per heavy atom. The molecule has 0 atom stereocenters. The quantitative estimate of drug-likeness (QED) is 0.799. The normalized spacial score (nSPS) is 10.3. The number of halogens is 2. The van der Waals surface area contributed by atoms with E-state index in [2.05, 4.69) is 15.9 Å². The molecule has 2 aromatic rings. The van der Waals surface area contributed by atoms with Crippen LogP contribution in [0.15, 0.2) is 40.9 Å². The summed E-state index contributed by atoms with van der Waals surface area (Å²) >= 11 is 14.5. The van der Waals surface area contributed by atoms with Crippen LogP contribution in [0.2, 0.25) is 5.02 Å². The number of thiocarbonyl (C=S) groups is 1. The topological polar surface area (TPSA) is 35.2 Å². The Bertz CT molecular complexity index is 645. The summed E-state index contributed by atoms with van der Waals surface area (Å²) in [5, 5.41) is 0.578. The van der Waals surface area contributed by atoms with Gasteiger partial charge < -0.3 is 10.5 Å². The molecule has 0 aromatic heterocycles. The maximum atomic E-state index is 6.12. The molecular formula is C14H11BrClNOS. The van der Waals surface area contributed by atoms with Crippen molar-refractivity contribution in [2.75, 3.05) is 0 Å². The number of hydrogen-bond donors (Lipinski definition) is 1. The van der Waals surface area contributed by atoms with Gasteiger partial charge in [-0.2, -0.15) is 0 Å². The Hall–Kier alpha value is -1.10. The van der Waals surface area contributed by atoms with E-state index in [1.807, 2.05) is 37.3 Å². The monoisotopic (exact) mass is 355 g/mol. The fraction of sp³-hybridized carbons (Fsp3) is 0.0714. The smallest absolute Gasteiger partial charge is 0.146 e. The van der Waals surface area contributed by atoms with Gasteiger partial charge in [-0.25, -0.2) is 0 Å². The molecule has 0 amide bonds. The molecule has 0 heterocycles. The fourth-order valence-corrected chi connectivity index (χ4v) is 2.73. The van der Waals surface area contributed by atoms with Gasteiger partial charge >= 0.3 is 0 Å². The van der Waals surface area contributed by atoms with Crippen molar-refractivity contribution in [3.05, 3.63) is 57.0 Å². The van der Waals surface area contributed by atoms with Crippen LogP contribution < -0.4 is 10.5 Å². The second kappa shape index (κ2) is 5.90. The molecule has 98 valence electrons. The number of benzene rings is 2. The van der Waals surface area contributed by atoms with Crippen LogP contribution in [-0.2, 0) is 0 Å². The second-order valence-electron chi connectivity index (χ2n) is 4.04. The highest BCUT2D eigenvalue weighted by molar-refractivity contribution is 9.10. The van der Waals surface area contributed by atoms with E-state index in [4.69, 9.17) is 34.3 Å². The van der Waals surface area contributed by atoms with E-state index in [0.717, 1.165) is 15.6 Å². The van der Waals surface area contributed by atoms with Gasteiger partial charge in [-0.1, -0.05) is 29.9 Å². The molecule has 0 aliphatic heterocycles. The lowest BCUT2D eigenvalue weighted by molar-refractivity contribution is 0.482. The number of hydrogen-bond acceptors (Lipinski definition) is 2. The summed E-state index contributed by atoms with van der Waals surface area (Å²) in [5.74, 6) is 1.28. The molecule has 0 aliphatic rings. The van der Waals surface area contributed by atoms with E-state index in [0.29, 0.717) is 21.5 Å². The summed E-state index contributed by atoms with van der Waals surface area (Å²) < 4.78 is 6.53. The number of ether oxygens (including phenoxy) is 1. The Morgan fingerprint density at radius 3 is 2.58 bits per heavy atom. The molecule has 2 aromatic carbocycles. The highest BCUT2D eigenvalue weighted by Gasteiger charge is 2.07. The highest BCUT2D eigenvalue weighted by atomic mass is 79.9. The lowest BCUT2D eigenvalue weighted by atomic mass is 10.2. The molecule has 0 radical (unpaired) electrons. The third kappa shape index (κ3) is 3.47. The van der Waals surface area contributed by atoms with Gasteiger partial charge in [-0.3, -0.25) is 0 Å². The molecule has 0 aliphatic carbocycles. The van der Waals surface area contributed by atoms with Crippen LogP contribution in [0.3, 0.4) is 0 Å². The minimum Gasteiger partial charge on any atom is -0.456 e. The van der Waals surface area contributed by atoms with Crippen molar-refractivity contribution in [1.29, 1.82) is 0 Å². The van der Waals surface area contributed by atoms with Crippen molar-refractivity contribution in [2.24, 2.45) is 5.73 Å². The van der Waals surface area contributed by atoms with Crippen molar-refractivity contribution < 1.29 is 4.74 Å². The standard InChI is InChI=1S/C14H11BrClNOS/c1-8-2-5-13(12(16)6-8)18-9-3-4-10(14(17)19)11(15)7-9/h2-7H,1H3,(H2,17,19). The van der Waals surface area contributed by atoms with Crippen LogP contribution in [0, 0.1) is 6.92 Å². The summed E-state index contributed by atoms with van der Waals surface area (Å²) in [6.07, 6.45) is 0. The van der Waals surface area contributed by atoms with E-state index in [1.54, 1.807) is 6.07 Å². The zero-order valence-corrected chi connectivity index (χ0v) is 13.3. The lowest BCUT2D eigenvalue weighted by Crippen LogP contribution is -2.09. The first-order chi connectivity index (χ1) is 8.97. The van der Waals surface area contributed by atoms with Crippen LogP contribution in [0.4, 0.5) is 0 Å². The molecular weight excluding hydrogens is 346 g/mol. The SMILES string of the molecule is Cc1ccc(Oc2ccc(C(N)=S)c(Br)c2)c(Cl)c1. The second-order valence-corrected chi connectivity index (χ2v) is 5.74. The van der Waals surface area contributed by atoms with Gasteiger partial charge in [-0.15, -0.1) is 0 Å². The van der Waals surface area contributed by atoms with E-state index in [-0.39, 0.29) is 0 Å². The third-order valence-corrected chi connectivity index (χ3v) is 3.69. The molecule has 0 saturated carbocycles. The van der Waals surface area contributed by atoms with Gasteiger partial charge in [0.15, 0.2) is 0 Å². The van der Waals surface area contributed by atoms with Gasteiger partial charge in [0.1, 0.15) is 16.5 Å². The summed E-state index contributed by atoms with van der Waals surface area (Å²) in [7, 11) is 0. The summed E-state index contributed by atoms with van der Waals surface area (Å²) in [6.45, 7) is 1.98. The van der Waals surface area contributed by atoms with Crippen LogP contribution in [0.25, 0.3) is 0 Å². The molecule has 2 rings (SSSR count). The third-order valence-electron chi connectivity index (χ3n) is 2.52. The average molecular weight is 357 g/mol. The summed E-state index contributed by atoms with van der Waals surface area (Å²) in [6, 6.07) is 11.1. The first-order valence-electron chi connectivity index (χ1n) is 5.51. The average Bonchev–Trinajstić information content (AvgIpc) is 2.32. The zero-order chi connectivity index (χ0) is 14.0. The Kier molecular flexibility index (Phi) is 4.45. The molecule has 0 bridgehead atoms. The number of nitrogens with two attached hydrogens (primary N) is 1. The van der Waals surface area contributed by atoms with Crippen molar-refractivity contribution in [3.63, 3.8) is 0 Å². The minimum absolute atomic E-state index is 0.340. The highest BCUT2D eigenvalue weighted by Crippen LogP contribution is 2.32. The fourth-order valence-electron chi connectivity index (χ4n) is 1.57. The van der Waals surface area contributed by atoms with Crippen LogP contribution in [0.1, 0.15) is 11.1 Å². The number of aryl methyl sites for hydroxylation is 1. The van der Waals surface area contributed by atoms with Gasteiger partial charge in [0.25, 0.3) is 0 Å². The maximum Gasteiger partial charge on any atom is 0.146 e. The van der Waals surface area contributed by atoms with E-state index >= 15 is 0 Å². The van der Waals surface area contributed by atoms with Crippen molar-refractivity contribution in [2.45, 2.75) is 6.92 Å². The largest absolute Gasteiger partial charge is 0.456 e. The molecule has 2 N–H and O–H groups in total. The lowest BCUT2D eigenvalue weighted by Gasteiger charge is -2.10. The summed E-state index contributed by atoms with van der Waals surface area (Å²) in [5.41, 5.74) is 7.46. The molecule has 2 nitrogen and oxygen atoms in total. The zero-order valence-electron chi connectivity index (χ0n) is 10.1.